The minimum absolute atomic E-state index is 0.0301. The van der Waals surface area contributed by atoms with E-state index in [1.807, 2.05) is 6.07 Å². The number of nitrogens with one attached hydrogen (secondary N) is 2. The van der Waals surface area contributed by atoms with Crippen LogP contribution in [0, 0.1) is 0 Å². The average molecular weight is 238 g/mol. The summed E-state index contributed by atoms with van der Waals surface area (Å²) in [4.78, 5) is 13.8. The minimum atomic E-state index is 0.0301. The molecule has 1 saturated heterocycles. The van der Waals surface area contributed by atoms with E-state index in [9.17, 15) is 4.79 Å². The van der Waals surface area contributed by atoms with Gasteiger partial charge in [0.25, 0.3) is 0 Å². The van der Waals surface area contributed by atoms with E-state index in [2.05, 4.69) is 20.4 Å². The lowest BCUT2D eigenvalue weighted by atomic mass is 10.3. The molecule has 2 heterocycles. The molecule has 0 unspecified atom stereocenters. The van der Waals surface area contributed by atoms with E-state index in [1.54, 1.807) is 6.20 Å². The molecule has 0 aliphatic carbocycles. The molecular weight excluding hydrogens is 220 g/mol. The number of rotatable bonds is 5. The Bertz CT molecular complexity index is 333. The van der Waals surface area contributed by atoms with Gasteiger partial charge >= 0.3 is 0 Å². The summed E-state index contributed by atoms with van der Waals surface area (Å²) < 4.78 is 5.26. The third kappa shape index (κ3) is 4.16. The number of hydrogen-bond acceptors (Lipinski definition) is 4. The van der Waals surface area contributed by atoms with Crippen molar-refractivity contribution in [2.75, 3.05) is 39.4 Å². The predicted octanol–water partition coefficient (Wildman–Crippen LogP) is -0.599. The Morgan fingerprint density at radius 3 is 3.06 bits per heavy atom. The van der Waals surface area contributed by atoms with Crippen LogP contribution in [0.15, 0.2) is 12.3 Å². The van der Waals surface area contributed by atoms with Gasteiger partial charge in [-0.15, -0.1) is 0 Å². The monoisotopic (exact) mass is 238 g/mol. The van der Waals surface area contributed by atoms with Crippen molar-refractivity contribution >= 4 is 5.91 Å². The number of hydrogen-bond donors (Lipinski definition) is 2. The highest BCUT2D eigenvalue weighted by Crippen LogP contribution is 1.95. The summed E-state index contributed by atoms with van der Waals surface area (Å²) in [5.74, 6) is 0.0301. The SMILES string of the molecule is O=C(Cc1ccn[nH]1)NCCN1CCOCC1. The van der Waals surface area contributed by atoms with Crippen LogP contribution in [-0.2, 0) is 16.0 Å². The molecule has 1 aliphatic rings. The smallest absolute Gasteiger partial charge is 0.226 e. The fraction of sp³-hybridized carbons (Fsp3) is 0.636. The van der Waals surface area contributed by atoms with Crippen LogP contribution in [0.4, 0.5) is 0 Å². The molecule has 1 aromatic heterocycles. The van der Waals surface area contributed by atoms with Gasteiger partial charge in [0, 0.05) is 38.1 Å². The lowest BCUT2D eigenvalue weighted by Crippen LogP contribution is -2.41. The van der Waals surface area contributed by atoms with Crippen LogP contribution < -0.4 is 5.32 Å². The highest BCUT2D eigenvalue weighted by atomic mass is 16.5. The average Bonchev–Trinajstić information content (AvgIpc) is 2.83. The van der Waals surface area contributed by atoms with Gasteiger partial charge in [0.15, 0.2) is 0 Å². The van der Waals surface area contributed by atoms with Crippen molar-refractivity contribution in [3.8, 4) is 0 Å². The zero-order chi connectivity index (χ0) is 11.9. The van der Waals surface area contributed by atoms with E-state index >= 15 is 0 Å². The van der Waals surface area contributed by atoms with Gasteiger partial charge in [-0.3, -0.25) is 14.8 Å². The number of aromatic amines is 1. The number of ether oxygens (including phenoxy) is 1. The van der Waals surface area contributed by atoms with Crippen molar-refractivity contribution in [1.82, 2.24) is 20.4 Å². The van der Waals surface area contributed by atoms with Crippen LogP contribution in [0.2, 0.25) is 0 Å². The second-order valence-electron chi connectivity index (χ2n) is 4.06. The molecule has 6 nitrogen and oxygen atoms in total. The molecule has 2 N–H and O–H groups in total. The lowest BCUT2D eigenvalue weighted by molar-refractivity contribution is -0.120. The number of aromatic nitrogens is 2. The van der Waals surface area contributed by atoms with Gasteiger partial charge < -0.3 is 10.1 Å². The van der Waals surface area contributed by atoms with Gasteiger partial charge in [-0.2, -0.15) is 5.10 Å². The van der Waals surface area contributed by atoms with Crippen LogP contribution in [0.3, 0.4) is 0 Å². The van der Waals surface area contributed by atoms with E-state index < -0.39 is 0 Å². The van der Waals surface area contributed by atoms with E-state index in [0.717, 1.165) is 38.5 Å². The second-order valence-corrected chi connectivity index (χ2v) is 4.06. The summed E-state index contributed by atoms with van der Waals surface area (Å²) >= 11 is 0. The second kappa shape index (κ2) is 6.36. The first-order valence-electron chi connectivity index (χ1n) is 5.89. The molecule has 1 aliphatic heterocycles. The van der Waals surface area contributed by atoms with Gasteiger partial charge in [-0.25, -0.2) is 0 Å². The van der Waals surface area contributed by atoms with Crippen LogP contribution in [0.5, 0.6) is 0 Å². The molecule has 0 spiro atoms. The molecule has 0 bridgehead atoms. The van der Waals surface area contributed by atoms with Crippen LogP contribution >= 0.6 is 0 Å². The highest BCUT2D eigenvalue weighted by Gasteiger charge is 2.10. The van der Waals surface area contributed by atoms with E-state index in [0.29, 0.717) is 13.0 Å². The summed E-state index contributed by atoms with van der Waals surface area (Å²) in [6, 6.07) is 1.81. The first-order valence-corrected chi connectivity index (χ1v) is 5.89. The summed E-state index contributed by atoms with van der Waals surface area (Å²) in [6.45, 7) is 5.07. The van der Waals surface area contributed by atoms with Crippen LogP contribution in [0.1, 0.15) is 5.69 Å². The molecule has 17 heavy (non-hydrogen) atoms. The van der Waals surface area contributed by atoms with Gasteiger partial charge in [0.05, 0.1) is 19.6 Å². The molecule has 0 atom stereocenters. The Kier molecular flexibility index (Phi) is 4.52. The molecule has 1 fully saturated rings. The summed E-state index contributed by atoms with van der Waals surface area (Å²) in [7, 11) is 0. The zero-order valence-electron chi connectivity index (χ0n) is 9.82. The lowest BCUT2D eigenvalue weighted by Gasteiger charge is -2.26. The Morgan fingerprint density at radius 2 is 2.35 bits per heavy atom. The third-order valence-corrected chi connectivity index (χ3v) is 2.76. The number of morpholine rings is 1. The van der Waals surface area contributed by atoms with Crippen LogP contribution in [-0.4, -0.2) is 60.4 Å². The topological polar surface area (TPSA) is 70.2 Å². The number of H-pyrrole nitrogens is 1. The molecule has 94 valence electrons. The number of carbonyl (C=O) groups excluding carboxylic acids is 1. The molecule has 6 heteroatoms. The van der Waals surface area contributed by atoms with E-state index in [4.69, 9.17) is 4.74 Å². The Labute approximate surface area is 100 Å². The van der Waals surface area contributed by atoms with Crippen molar-refractivity contribution in [3.05, 3.63) is 18.0 Å². The standard InChI is InChI=1S/C11H18N4O2/c16-11(9-10-1-2-13-14-10)12-3-4-15-5-7-17-8-6-15/h1-2H,3-9H2,(H,12,16)(H,13,14). The van der Waals surface area contributed by atoms with Crippen molar-refractivity contribution in [1.29, 1.82) is 0 Å². The summed E-state index contributed by atoms with van der Waals surface area (Å²) in [5.41, 5.74) is 0.842. The van der Waals surface area contributed by atoms with Crippen molar-refractivity contribution in [2.24, 2.45) is 0 Å². The Morgan fingerprint density at radius 1 is 1.53 bits per heavy atom. The van der Waals surface area contributed by atoms with E-state index in [1.165, 1.54) is 0 Å². The molecule has 2 rings (SSSR count). The maximum absolute atomic E-state index is 11.5. The molecule has 1 aromatic rings. The molecule has 0 saturated carbocycles. The largest absolute Gasteiger partial charge is 0.379 e. The molecule has 0 radical (unpaired) electrons. The molecular formula is C11H18N4O2. The van der Waals surface area contributed by atoms with Gasteiger partial charge in [-0.1, -0.05) is 0 Å². The van der Waals surface area contributed by atoms with Crippen molar-refractivity contribution in [3.63, 3.8) is 0 Å². The Balaban J connectivity index is 1.59. The number of carbonyl (C=O) groups is 1. The fourth-order valence-electron chi connectivity index (χ4n) is 1.80. The minimum Gasteiger partial charge on any atom is -0.379 e. The quantitative estimate of drug-likeness (QED) is 0.718. The third-order valence-electron chi connectivity index (χ3n) is 2.76. The van der Waals surface area contributed by atoms with Gasteiger partial charge in [0.1, 0.15) is 0 Å². The number of nitrogens with zero attached hydrogens (tertiary/aromatic N) is 2. The van der Waals surface area contributed by atoms with Gasteiger partial charge in [-0.05, 0) is 6.07 Å². The normalized spacial score (nSPS) is 16.9. The first kappa shape index (κ1) is 12.1. The number of amides is 1. The molecule has 1 amide bonds. The van der Waals surface area contributed by atoms with Crippen molar-refractivity contribution < 1.29 is 9.53 Å². The van der Waals surface area contributed by atoms with Gasteiger partial charge in [0.2, 0.25) is 5.91 Å². The predicted molar refractivity (Wildman–Crippen MR) is 62.6 cm³/mol. The first-order chi connectivity index (χ1) is 8.34. The highest BCUT2D eigenvalue weighted by molar-refractivity contribution is 5.77. The van der Waals surface area contributed by atoms with Crippen molar-refractivity contribution in [2.45, 2.75) is 6.42 Å². The zero-order valence-corrected chi connectivity index (χ0v) is 9.82. The summed E-state index contributed by atoms with van der Waals surface area (Å²) in [5, 5.41) is 9.47. The Hall–Kier alpha value is -1.40. The maximum atomic E-state index is 11.5. The maximum Gasteiger partial charge on any atom is 0.226 e. The van der Waals surface area contributed by atoms with Crippen LogP contribution in [0.25, 0.3) is 0 Å². The summed E-state index contributed by atoms with van der Waals surface area (Å²) in [6.07, 6.45) is 2.01. The molecule has 0 aromatic carbocycles. The fourth-order valence-corrected chi connectivity index (χ4v) is 1.80. The van der Waals surface area contributed by atoms with E-state index in [-0.39, 0.29) is 5.91 Å².